The molecule has 0 aromatic heterocycles. The van der Waals surface area contributed by atoms with E-state index in [-0.39, 0.29) is 28.6 Å². The SMILES string of the molecule is CCC(C)N1C(=O)c2ccc(C(=O)OC(C)C(=O)Nc3cccc(Cl)c3C)cc2C1=O. The van der Waals surface area contributed by atoms with Crippen LogP contribution >= 0.6 is 11.6 Å². The Labute approximate surface area is 185 Å². The molecule has 31 heavy (non-hydrogen) atoms. The number of rotatable bonds is 6. The molecule has 0 aliphatic carbocycles. The van der Waals surface area contributed by atoms with Crippen molar-refractivity contribution in [3.63, 3.8) is 0 Å². The molecule has 7 nitrogen and oxygen atoms in total. The highest BCUT2D eigenvalue weighted by Crippen LogP contribution is 2.27. The van der Waals surface area contributed by atoms with Crippen molar-refractivity contribution in [2.75, 3.05) is 5.32 Å². The smallest absolute Gasteiger partial charge is 0.338 e. The molecule has 0 saturated carbocycles. The van der Waals surface area contributed by atoms with Crippen LogP contribution in [-0.4, -0.2) is 40.7 Å². The van der Waals surface area contributed by atoms with Gasteiger partial charge in [0.15, 0.2) is 6.10 Å². The van der Waals surface area contributed by atoms with Gasteiger partial charge in [-0.1, -0.05) is 24.6 Å². The topological polar surface area (TPSA) is 92.8 Å². The number of ether oxygens (including phenoxy) is 1. The van der Waals surface area contributed by atoms with Crippen molar-refractivity contribution in [2.24, 2.45) is 0 Å². The Balaban J connectivity index is 1.72. The number of hydrogen-bond donors (Lipinski definition) is 1. The lowest BCUT2D eigenvalue weighted by atomic mass is 10.1. The largest absolute Gasteiger partial charge is 0.449 e. The van der Waals surface area contributed by atoms with Gasteiger partial charge in [-0.2, -0.15) is 0 Å². The highest BCUT2D eigenvalue weighted by atomic mass is 35.5. The summed E-state index contributed by atoms with van der Waals surface area (Å²) < 4.78 is 5.26. The number of benzene rings is 2. The van der Waals surface area contributed by atoms with Crippen LogP contribution in [0, 0.1) is 6.92 Å². The van der Waals surface area contributed by atoms with E-state index >= 15 is 0 Å². The number of anilines is 1. The molecule has 1 heterocycles. The Morgan fingerprint density at radius 3 is 2.45 bits per heavy atom. The van der Waals surface area contributed by atoms with Crippen LogP contribution in [0.15, 0.2) is 36.4 Å². The fourth-order valence-corrected chi connectivity index (χ4v) is 3.40. The molecule has 2 atom stereocenters. The van der Waals surface area contributed by atoms with Crippen LogP contribution in [0.4, 0.5) is 5.69 Å². The van der Waals surface area contributed by atoms with Crippen LogP contribution in [0.3, 0.4) is 0 Å². The van der Waals surface area contributed by atoms with Gasteiger partial charge in [-0.3, -0.25) is 19.3 Å². The third-order valence-electron chi connectivity index (χ3n) is 5.36. The first kappa shape index (κ1) is 22.5. The zero-order chi connectivity index (χ0) is 22.9. The van der Waals surface area contributed by atoms with E-state index in [4.69, 9.17) is 16.3 Å². The lowest BCUT2D eigenvalue weighted by molar-refractivity contribution is -0.123. The van der Waals surface area contributed by atoms with Gasteiger partial charge >= 0.3 is 5.97 Å². The summed E-state index contributed by atoms with van der Waals surface area (Å²) in [5.41, 5.74) is 1.72. The highest BCUT2D eigenvalue weighted by Gasteiger charge is 2.38. The van der Waals surface area contributed by atoms with E-state index in [1.54, 1.807) is 32.0 Å². The maximum Gasteiger partial charge on any atom is 0.338 e. The second kappa shape index (κ2) is 8.89. The first-order chi connectivity index (χ1) is 14.6. The average molecular weight is 443 g/mol. The number of imide groups is 1. The lowest BCUT2D eigenvalue weighted by Gasteiger charge is -2.20. The molecule has 2 aromatic rings. The van der Waals surface area contributed by atoms with E-state index in [1.807, 2.05) is 6.92 Å². The molecule has 0 spiro atoms. The number of amides is 3. The van der Waals surface area contributed by atoms with Gasteiger partial charge in [-0.25, -0.2) is 4.79 Å². The molecular weight excluding hydrogens is 420 g/mol. The van der Waals surface area contributed by atoms with Crippen molar-refractivity contribution in [2.45, 2.75) is 46.3 Å². The molecule has 2 unspecified atom stereocenters. The van der Waals surface area contributed by atoms with Crippen LogP contribution in [0.1, 0.15) is 63.8 Å². The van der Waals surface area contributed by atoms with E-state index in [9.17, 15) is 19.2 Å². The van der Waals surface area contributed by atoms with Crippen molar-refractivity contribution >= 4 is 41.0 Å². The van der Waals surface area contributed by atoms with E-state index in [2.05, 4.69) is 5.32 Å². The summed E-state index contributed by atoms with van der Waals surface area (Å²) >= 11 is 6.06. The molecule has 1 aliphatic rings. The Hall–Kier alpha value is -3.19. The number of nitrogens with zero attached hydrogens (tertiary/aromatic N) is 1. The number of nitrogens with one attached hydrogen (secondary N) is 1. The van der Waals surface area contributed by atoms with Crippen LogP contribution in [0.5, 0.6) is 0 Å². The average Bonchev–Trinajstić information content (AvgIpc) is 3.00. The number of hydrogen-bond acceptors (Lipinski definition) is 5. The lowest BCUT2D eigenvalue weighted by Crippen LogP contribution is -2.37. The summed E-state index contributed by atoms with van der Waals surface area (Å²) in [6.45, 7) is 6.88. The zero-order valence-corrected chi connectivity index (χ0v) is 18.4. The van der Waals surface area contributed by atoms with Gasteiger partial charge in [0.25, 0.3) is 17.7 Å². The van der Waals surface area contributed by atoms with Gasteiger partial charge in [0.2, 0.25) is 0 Å². The van der Waals surface area contributed by atoms with Crippen molar-refractivity contribution in [3.05, 3.63) is 63.7 Å². The van der Waals surface area contributed by atoms with Gasteiger partial charge < -0.3 is 10.1 Å². The van der Waals surface area contributed by atoms with E-state index in [1.165, 1.54) is 30.0 Å². The summed E-state index contributed by atoms with van der Waals surface area (Å²) in [6.07, 6.45) is -0.466. The maximum absolute atomic E-state index is 12.7. The second-order valence-corrected chi connectivity index (χ2v) is 7.85. The van der Waals surface area contributed by atoms with Crippen molar-refractivity contribution in [3.8, 4) is 0 Å². The predicted octanol–water partition coefficient (Wildman–Crippen LogP) is 4.23. The van der Waals surface area contributed by atoms with Crippen LogP contribution in [0.25, 0.3) is 0 Å². The fraction of sp³-hybridized carbons (Fsp3) is 0.304. The van der Waals surface area contributed by atoms with Crippen molar-refractivity contribution in [1.82, 2.24) is 4.90 Å². The molecule has 3 amide bonds. The third-order valence-corrected chi connectivity index (χ3v) is 5.77. The summed E-state index contributed by atoms with van der Waals surface area (Å²) in [6, 6.07) is 9.05. The standard InChI is InChI=1S/C23H23ClN2O5/c1-5-12(2)26-21(28)16-10-9-15(11-17(16)22(26)29)23(30)31-14(4)20(27)25-19-8-6-7-18(24)13(19)3/h6-12,14H,5H2,1-4H3,(H,25,27). The molecule has 1 N–H and O–H groups in total. The molecule has 162 valence electrons. The molecular formula is C23H23ClN2O5. The maximum atomic E-state index is 12.7. The van der Waals surface area contributed by atoms with Crippen LogP contribution in [0.2, 0.25) is 5.02 Å². The van der Waals surface area contributed by atoms with Gasteiger partial charge in [0, 0.05) is 16.8 Å². The van der Waals surface area contributed by atoms with E-state index in [0.29, 0.717) is 22.7 Å². The molecule has 0 saturated heterocycles. The predicted molar refractivity (Wildman–Crippen MR) is 116 cm³/mol. The summed E-state index contributed by atoms with van der Waals surface area (Å²) in [5, 5.41) is 3.19. The minimum absolute atomic E-state index is 0.0875. The third kappa shape index (κ3) is 4.32. The monoisotopic (exact) mass is 442 g/mol. The van der Waals surface area contributed by atoms with Crippen LogP contribution < -0.4 is 5.32 Å². The Bertz CT molecular complexity index is 1080. The normalized spacial score (nSPS) is 14.8. The molecule has 0 bridgehead atoms. The molecule has 0 fully saturated rings. The quantitative estimate of drug-likeness (QED) is 0.534. The summed E-state index contributed by atoms with van der Waals surface area (Å²) in [5.74, 6) is -2.10. The fourth-order valence-electron chi connectivity index (χ4n) is 3.23. The van der Waals surface area contributed by atoms with Crippen molar-refractivity contribution in [1.29, 1.82) is 0 Å². The molecule has 8 heteroatoms. The highest BCUT2D eigenvalue weighted by molar-refractivity contribution is 6.31. The number of carbonyl (C=O) groups excluding carboxylic acids is 4. The molecule has 2 aromatic carbocycles. The van der Waals surface area contributed by atoms with Gasteiger partial charge in [0.1, 0.15) is 0 Å². The van der Waals surface area contributed by atoms with Crippen molar-refractivity contribution < 1.29 is 23.9 Å². The first-order valence-electron chi connectivity index (χ1n) is 9.94. The van der Waals surface area contributed by atoms with Crippen LogP contribution in [-0.2, 0) is 9.53 Å². The summed E-state index contributed by atoms with van der Waals surface area (Å²) in [4.78, 5) is 51.4. The van der Waals surface area contributed by atoms with E-state index < -0.39 is 23.9 Å². The minimum atomic E-state index is -1.09. The Morgan fingerprint density at radius 2 is 1.77 bits per heavy atom. The van der Waals surface area contributed by atoms with Gasteiger partial charge in [-0.15, -0.1) is 0 Å². The van der Waals surface area contributed by atoms with Gasteiger partial charge in [0.05, 0.1) is 16.7 Å². The zero-order valence-electron chi connectivity index (χ0n) is 17.7. The Morgan fingerprint density at radius 1 is 1.10 bits per heavy atom. The van der Waals surface area contributed by atoms with E-state index in [0.717, 1.165) is 0 Å². The number of fused-ring (bicyclic) bond motifs is 1. The number of halogens is 1. The number of esters is 1. The molecule has 0 radical (unpaired) electrons. The minimum Gasteiger partial charge on any atom is -0.449 e. The molecule has 3 rings (SSSR count). The summed E-state index contributed by atoms with van der Waals surface area (Å²) in [7, 11) is 0. The molecule has 1 aliphatic heterocycles. The second-order valence-electron chi connectivity index (χ2n) is 7.45. The first-order valence-corrected chi connectivity index (χ1v) is 10.3. The van der Waals surface area contributed by atoms with Gasteiger partial charge in [-0.05, 0) is 63.1 Å². The number of carbonyl (C=O) groups is 4. The Kier molecular flexibility index (Phi) is 6.45.